The van der Waals surface area contributed by atoms with E-state index in [4.69, 9.17) is 5.73 Å². The molecule has 0 aromatic carbocycles. The molecule has 1 saturated heterocycles. The zero-order chi connectivity index (χ0) is 12.0. The molecule has 0 saturated carbocycles. The van der Waals surface area contributed by atoms with Gasteiger partial charge in [0.25, 0.3) is 0 Å². The molecule has 1 fully saturated rings. The molecule has 4 nitrogen and oxygen atoms in total. The number of rotatable bonds is 5. The van der Waals surface area contributed by atoms with E-state index in [0.717, 1.165) is 12.3 Å². The summed E-state index contributed by atoms with van der Waals surface area (Å²) in [5.74, 6) is 0.881. The Hall–Kier alpha value is -0.610. The van der Waals surface area contributed by atoms with Gasteiger partial charge in [-0.15, -0.1) is 0 Å². The Kier molecular flexibility index (Phi) is 5.77. The quantitative estimate of drug-likeness (QED) is 0.722. The van der Waals surface area contributed by atoms with Crippen LogP contribution in [0.2, 0.25) is 0 Å². The summed E-state index contributed by atoms with van der Waals surface area (Å²) in [5.41, 5.74) is 5.45. The molecule has 1 heterocycles. The van der Waals surface area contributed by atoms with E-state index in [1.165, 1.54) is 25.9 Å². The summed E-state index contributed by atoms with van der Waals surface area (Å²) in [6, 6.07) is 0.102. The summed E-state index contributed by atoms with van der Waals surface area (Å²) in [5, 5.41) is 2.90. The van der Waals surface area contributed by atoms with E-state index in [1.54, 1.807) is 0 Å². The van der Waals surface area contributed by atoms with Crippen molar-refractivity contribution >= 4 is 5.91 Å². The highest BCUT2D eigenvalue weighted by Gasteiger charge is 2.17. The Morgan fingerprint density at radius 1 is 1.50 bits per heavy atom. The second kappa shape index (κ2) is 6.86. The van der Waals surface area contributed by atoms with Crippen LogP contribution in [0.3, 0.4) is 0 Å². The normalized spacial score (nSPS) is 20.7. The maximum absolute atomic E-state index is 11.5. The maximum Gasteiger partial charge on any atom is 0.220 e. The van der Waals surface area contributed by atoms with Gasteiger partial charge in [-0.3, -0.25) is 4.79 Å². The second-order valence-corrected chi connectivity index (χ2v) is 4.99. The smallest absolute Gasteiger partial charge is 0.220 e. The van der Waals surface area contributed by atoms with Crippen molar-refractivity contribution in [2.45, 2.75) is 38.6 Å². The number of nitrogens with two attached hydrogens (primary N) is 1. The van der Waals surface area contributed by atoms with Gasteiger partial charge in [0.15, 0.2) is 0 Å². The molecular formula is C12H25N3O. The van der Waals surface area contributed by atoms with Gasteiger partial charge in [-0.05, 0) is 52.2 Å². The molecule has 3 N–H and O–H groups in total. The average Bonchev–Trinajstić information content (AvgIpc) is 2.28. The SMILES string of the molecule is CC(CN)NC(=O)CCC1CCN(C)CC1. The molecule has 1 amide bonds. The molecule has 1 rings (SSSR count). The number of nitrogens with one attached hydrogen (secondary N) is 1. The Morgan fingerprint density at radius 2 is 2.12 bits per heavy atom. The second-order valence-electron chi connectivity index (χ2n) is 4.99. The van der Waals surface area contributed by atoms with Crippen LogP contribution in [0, 0.1) is 5.92 Å². The van der Waals surface area contributed by atoms with Gasteiger partial charge in [0, 0.05) is 19.0 Å². The standard InChI is InChI=1S/C12H25N3O/c1-10(9-13)14-12(16)4-3-11-5-7-15(2)8-6-11/h10-11H,3-9,13H2,1-2H3,(H,14,16). The first-order valence-corrected chi connectivity index (χ1v) is 6.29. The van der Waals surface area contributed by atoms with Crippen LogP contribution in [-0.4, -0.2) is 43.5 Å². The Labute approximate surface area is 98.6 Å². The molecule has 0 radical (unpaired) electrons. The van der Waals surface area contributed by atoms with Crippen LogP contribution >= 0.6 is 0 Å². The van der Waals surface area contributed by atoms with Crippen LogP contribution < -0.4 is 11.1 Å². The van der Waals surface area contributed by atoms with Gasteiger partial charge >= 0.3 is 0 Å². The third kappa shape index (κ3) is 4.94. The van der Waals surface area contributed by atoms with Crippen LogP contribution in [-0.2, 0) is 4.79 Å². The van der Waals surface area contributed by atoms with Crippen molar-refractivity contribution < 1.29 is 4.79 Å². The Balaban J connectivity index is 2.12. The van der Waals surface area contributed by atoms with Crippen LogP contribution in [0.1, 0.15) is 32.6 Å². The predicted octanol–water partition coefficient (Wildman–Crippen LogP) is 0.572. The fraction of sp³-hybridized carbons (Fsp3) is 0.917. The summed E-state index contributed by atoms with van der Waals surface area (Å²) in [4.78, 5) is 13.9. The zero-order valence-corrected chi connectivity index (χ0v) is 10.5. The fourth-order valence-electron chi connectivity index (χ4n) is 2.09. The third-order valence-electron chi connectivity index (χ3n) is 3.38. The van der Waals surface area contributed by atoms with E-state index in [0.29, 0.717) is 13.0 Å². The number of likely N-dealkylation sites (tertiary alicyclic amines) is 1. The minimum atomic E-state index is 0.102. The fourth-order valence-corrected chi connectivity index (χ4v) is 2.09. The maximum atomic E-state index is 11.5. The first-order valence-electron chi connectivity index (χ1n) is 6.29. The molecule has 0 aromatic rings. The van der Waals surface area contributed by atoms with Gasteiger partial charge < -0.3 is 16.0 Å². The highest BCUT2D eigenvalue weighted by Crippen LogP contribution is 2.20. The number of piperidine rings is 1. The Morgan fingerprint density at radius 3 is 2.69 bits per heavy atom. The number of amides is 1. The molecule has 1 atom stereocenters. The third-order valence-corrected chi connectivity index (χ3v) is 3.38. The lowest BCUT2D eigenvalue weighted by Gasteiger charge is -2.28. The van der Waals surface area contributed by atoms with Gasteiger partial charge in [0.2, 0.25) is 5.91 Å². The van der Waals surface area contributed by atoms with Gasteiger partial charge in [-0.1, -0.05) is 0 Å². The van der Waals surface area contributed by atoms with Crippen molar-refractivity contribution in [3.05, 3.63) is 0 Å². The molecule has 1 unspecified atom stereocenters. The highest BCUT2D eigenvalue weighted by atomic mass is 16.1. The molecule has 0 spiro atoms. The average molecular weight is 227 g/mol. The minimum absolute atomic E-state index is 0.102. The summed E-state index contributed by atoms with van der Waals surface area (Å²) >= 11 is 0. The summed E-state index contributed by atoms with van der Waals surface area (Å²) in [7, 11) is 2.16. The monoisotopic (exact) mass is 227 g/mol. The number of hydrogen-bond donors (Lipinski definition) is 2. The van der Waals surface area contributed by atoms with Crippen molar-refractivity contribution in [3.63, 3.8) is 0 Å². The largest absolute Gasteiger partial charge is 0.352 e. The van der Waals surface area contributed by atoms with Crippen molar-refractivity contribution in [3.8, 4) is 0 Å². The summed E-state index contributed by atoms with van der Waals surface area (Å²) in [6.45, 7) is 4.80. The molecular weight excluding hydrogens is 202 g/mol. The minimum Gasteiger partial charge on any atom is -0.352 e. The van der Waals surface area contributed by atoms with Gasteiger partial charge in [0.1, 0.15) is 0 Å². The van der Waals surface area contributed by atoms with Crippen molar-refractivity contribution in [1.29, 1.82) is 0 Å². The van der Waals surface area contributed by atoms with E-state index >= 15 is 0 Å². The molecule has 94 valence electrons. The topological polar surface area (TPSA) is 58.4 Å². The number of carbonyl (C=O) groups excluding carboxylic acids is 1. The molecule has 0 aromatic heterocycles. The van der Waals surface area contributed by atoms with Crippen LogP contribution in [0.5, 0.6) is 0 Å². The van der Waals surface area contributed by atoms with E-state index in [2.05, 4.69) is 17.3 Å². The Bertz CT molecular complexity index is 212. The van der Waals surface area contributed by atoms with Crippen molar-refractivity contribution in [2.75, 3.05) is 26.7 Å². The molecule has 16 heavy (non-hydrogen) atoms. The number of carbonyl (C=O) groups is 1. The summed E-state index contributed by atoms with van der Waals surface area (Å²) in [6.07, 6.45) is 4.14. The lowest BCUT2D eigenvalue weighted by molar-refractivity contribution is -0.122. The van der Waals surface area contributed by atoms with E-state index in [9.17, 15) is 4.79 Å². The summed E-state index contributed by atoms with van der Waals surface area (Å²) < 4.78 is 0. The predicted molar refractivity (Wildman–Crippen MR) is 66.1 cm³/mol. The van der Waals surface area contributed by atoms with Crippen LogP contribution in [0.4, 0.5) is 0 Å². The number of nitrogens with zero attached hydrogens (tertiary/aromatic N) is 1. The van der Waals surface area contributed by atoms with Crippen LogP contribution in [0.25, 0.3) is 0 Å². The molecule has 1 aliphatic heterocycles. The molecule has 1 aliphatic rings. The first-order chi connectivity index (χ1) is 7.61. The molecule has 4 heteroatoms. The first kappa shape index (κ1) is 13.5. The van der Waals surface area contributed by atoms with Crippen LogP contribution in [0.15, 0.2) is 0 Å². The van der Waals surface area contributed by atoms with E-state index in [-0.39, 0.29) is 11.9 Å². The number of hydrogen-bond acceptors (Lipinski definition) is 3. The van der Waals surface area contributed by atoms with Gasteiger partial charge in [0.05, 0.1) is 0 Å². The van der Waals surface area contributed by atoms with E-state index < -0.39 is 0 Å². The lowest BCUT2D eigenvalue weighted by atomic mass is 9.92. The van der Waals surface area contributed by atoms with Crippen molar-refractivity contribution in [1.82, 2.24) is 10.2 Å². The molecule has 0 aliphatic carbocycles. The van der Waals surface area contributed by atoms with Gasteiger partial charge in [-0.25, -0.2) is 0 Å². The zero-order valence-electron chi connectivity index (χ0n) is 10.5. The molecule has 0 bridgehead atoms. The lowest BCUT2D eigenvalue weighted by Crippen LogP contribution is -2.38. The highest BCUT2D eigenvalue weighted by molar-refractivity contribution is 5.76. The van der Waals surface area contributed by atoms with E-state index in [1.807, 2.05) is 6.92 Å². The van der Waals surface area contributed by atoms with Crippen molar-refractivity contribution in [2.24, 2.45) is 11.7 Å². The van der Waals surface area contributed by atoms with Gasteiger partial charge in [-0.2, -0.15) is 0 Å².